The molecule has 0 fully saturated rings. The number of aliphatic hydroxyl groups is 1. The maximum Gasteiger partial charge on any atom is 0.475 e. The summed E-state index contributed by atoms with van der Waals surface area (Å²) in [5.41, 5.74) is -0.655. The van der Waals surface area contributed by atoms with Crippen LogP contribution in [0, 0.1) is 0 Å². The lowest BCUT2D eigenvalue weighted by Crippen LogP contribution is -2.41. The van der Waals surface area contributed by atoms with Crippen LogP contribution in [-0.2, 0) is 32.4 Å². The van der Waals surface area contributed by atoms with Gasteiger partial charge in [0.15, 0.2) is 0 Å². The first-order valence-electron chi connectivity index (χ1n) is 19.1. The van der Waals surface area contributed by atoms with Crippen LogP contribution in [0.5, 0.6) is 0 Å². The summed E-state index contributed by atoms with van der Waals surface area (Å²) in [5, 5.41) is 15.8. The van der Waals surface area contributed by atoms with E-state index in [9.17, 15) is 19.3 Å². The Morgan fingerprint density at radius 3 is 1.92 bits per heavy atom. The molecule has 0 aromatic carbocycles. The van der Waals surface area contributed by atoms with Crippen LogP contribution in [0.4, 0.5) is 4.79 Å². The number of rotatable bonds is 34. The Morgan fingerprint density at radius 1 is 0.776 bits per heavy atom. The lowest BCUT2D eigenvalue weighted by molar-refractivity contribution is -0.122. The molecule has 0 aromatic heterocycles. The van der Waals surface area contributed by atoms with E-state index in [0.29, 0.717) is 19.4 Å². The summed E-state index contributed by atoms with van der Waals surface area (Å²) in [7, 11) is -4.07. The maximum atomic E-state index is 13.4. The van der Waals surface area contributed by atoms with Gasteiger partial charge in [0.2, 0.25) is 5.91 Å². The van der Waals surface area contributed by atoms with Gasteiger partial charge in [-0.1, -0.05) is 116 Å². The van der Waals surface area contributed by atoms with Crippen molar-refractivity contribution in [3.63, 3.8) is 0 Å². The summed E-state index contributed by atoms with van der Waals surface area (Å²) in [4.78, 5) is 24.8. The van der Waals surface area contributed by atoms with Crippen molar-refractivity contribution in [3.8, 4) is 0 Å². The molecule has 0 heterocycles. The van der Waals surface area contributed by atoms with Crippen LogP contribution in [0.3, 0.4) is 0 Å². The Kier molecular flexibility index (Phi) is 30.3. The molecule has 11 nitrogen and oxygen atoms in total. The monoisotopic (exact) mass is 721 g/mol. The zero-order valence-electron chi connectivity index (χ0n) is 31.8. The highest BCUT2D eigenvalue weighted by molar-refractivity contribution is 7.48. The third-order valence-electron chi connectivity index (χ3n) is 7.73. The molecule has 1 unspecified atom stereocenters. The number of alkyl carbamates (subject to hydrolysis) is 1. The molecule has 2 amide bonds. The zero-order valence-corrected chi connectivity index (χ0v) is 32.7. The lowest BCUT2D eigenvalue weighted by Gasteiger charge is -2.23. The van der Waals surface area contributed by atoms with Gasteiger partial charge in [0.05, 0.1) is 38.6 Å². The second kappa shape index (κ2) is 31.3. The largest absolute Gasteiger partial charge is 0.475 e. The van der Waals surface area contributed by atoms with E-state index in [2.05, 4.69) is 31.1 Å². The number of aliphatic hydroxyl groups excluding tert-OH is 1. The molecule has 0 rings (SSSR count). The highest BCUT2D eigenvalue weighted by Crippen LogP contribution is 2.49. The molecule has 0 aliphatic carbocycles. The van der Waals surface area contributed by atoms with Gasteiger partial charge in [-0.15, -0.1) is 6.58 Å². The van der Waals surface area contributed by atoms with Crippen molar-refractivity contribution >= 4 is 19.8 Å². The second-order valence-corrected chi connectivity index (χ2v) is 15.5. The van der Waals surface area contributed by atoms with Crippen molar-refractivity contribution in [2.24, 2.45) is 0 Å². The SMILES string of the molecule is C=CCOP(=O)(OCCNC(=O)OC(C)(C)C)OC[C@H](COCC[C@H](O)CCCCCCC)NC(=O)CCCCCCCCCCCCC. The van der Waals surface area contributed by atoms with Gasteiger partial charge < -0.3 is 25.2 Å². The molecule has 49 heavy (non-hydrogen) atoms. The first-order valence-corrected chi connectivity index (χ1v) is 20.6. The minimum absolute atomic E-state index is 0.0167. The van der Waals surface area contributed by atoms with Crippen LogP contribution < -0.4 is 10.6 Å². The van der Waals surface area contributed by atoms with Crippen LogP contribution in [0.25, 0.3) is 0 Å². The van der Waals surface area contributed by atoms with E-state index in [1.165, 1.54) is 76.7 Å². The van der Waals surface area contributed by atoms with Crippen LogP contribution in [-0.4, -0.2) is 74.4 Å². The highest BCUT2D eigenvalue weighted by Gasteiger charge is 2.29. The molecule has 0 aromatic rings. The molecule has 0 bridgehead atoms. The van der Waals surface area contributed by atoms with E-state index in [1.807, 2.05) is 0 Å². The van der Waals surface area contributed by atoms with Crippen LogP contribution in [0.1, 0.15) is 157 Å². The fraction of sp³-hybridized carbons (Fsp3) is 0.892. The van der Waals surface area contributed by atoms with Gasteiger partial charge in [-0.2, -0.15) is 0 Å². The van der Waals surface area contributed by atoms with Gasteiger partial charge in [-0.05, 0) is 40.0 Å². The molecule has 0 saturated heterocycles. The molecule has 0 radical (unpaired) electrons. The number of hydrogen-bond acceptors (Lipinski definition) is 9. The maximum absolute atomic E-state index is 13.4. The van der Waals surface area contributed by atoms with Gasteiger partial charge >= 0.3 is 13.9 Å². The molecule has 290 valence electrons. The Hall–Kier alpha value is -1.49. The standard InChI is InChI=1S/C37H73N2O9P/c1-7-10-12-14-15-16-17-18-19-21-23-25-35(41)39-33(31-44-29-26-34(40)24-22-20-13-11-8-2)32-47-49(43,45-28-9-3)46-30-27-38-36(42)48-37(4,5)6/h9,33-34,40H,3,7-8,10-32H2,1-2,4-6H3,(H,38,42)(H,39,41)/t33-,34+,49?/m0/s1. The number of hydrogen-bond donors (Lipinski definition) is 3. The topological polar surface area (TPSA) is 142 Å². The quantitative estimate of drug-likeness (QED) is 0.0337. The van der Waals surface area contributed by atoms with Crippen molar-refractivity contribution in [3.05, 3.63) is 12.7 Å². The molecule has 0 aliphatic rings. The molecule has 3 atom stereocenters. The van der Waals surface area contributed by atoms with E-state index >= 15 is 0 Å². The summed E-state index contributed by atoms with van der Waals surface area (Å²) < 4.78 is 40.8. The highest BCUT2D eigenvalue weighted by atomic mass is 31.2. The average Bonchev–Trinajstić information content (AvgIpc) is 3.04. The molecule has 0 spiro atoms. The van der Waals surface area contributed by atoms with Gasteiger partial charge in [0.1, 0.15) is 5.60 Å². The Bertz CT molecular complexity index is 869. The minimum atomic E-state index is -4.07. The summed E-state index contributed by atoms with van der Waals surface area (Å²) in [6, 6.07) is -0.615. The fourth-order valence-corrected chi connectivity index (χ4v) is 6.20. The number of amides is 2. The summed E-state index contributed by atoms with van der Waals surface area (Å²) >= 11 is 0. The first kappa shape index (κ1) is 47.5. The van der Waals surface area contributed by atoms with Crippen molar-refractivity contribution in [1.29, 1.82) is 0 Å². The number of phosphoric acid groups is 1. The predicted octanol–water partition coefficient (Wildman–Crippen LogP) is 9.17. The Morgan fingerprint density at radius 2 is 1.35 bits per heavy atom. The zero-order chi connectivity index (χ0) is 36.6. The summed E-state index contributed by atoms with van der Waals surface area (Å²) in [5.74, 6) is -0.135. The smallest absolute Gasteiger partial charge is 0.444 e. The van der Waals surface area contributed by atoms with Crippen molar-refractivity contribution in [2.45, 2.75) is 174 Å². The van der Waals surface area contributed by atoms with Gasteiger partial charge in [-0.25, -0.2) is 9.36 Å². The lowest BCUT2D eigenvalue weighted by atomic mass is 10.1. The fourth-order valence-electron chi connectivity index (χ4n) is 5.02. The number of carbonyl (C=O) groups excluding carboxylic acids is 2. The van der Waals surface area contributed by atoms with Gasteiger partial charge in [0, 0.05) is 19.6 Å². The number of phosphoric ester groups is 1. The Balaban J connectivity index is 4.88. The number of unbranched alkanes of at least 4 members (excludes halogenated alkanes) is 14. The average molecular weight is 721 g/mol. The van der Waals surface area contributed by atoms with Crippen LogP contribution in [0.2, 0.25) is 0 Å². The summed E-state index contributed by atoms with van der Waals surface area (Å²) in [6.07, 6.45) is 20.8. The molecular weight excluding hydrogens is 647 g/mol. The number of carbonyl (C=O) groups is 2. The van der Waals surface area contributed by atoms with E-state index in [0.717, 1.165) is 38.5 Å². The van der Waals surface area contributed by atoms with Crippen LogP contribution >= 0.6 is 7.82 Å². The van der Waals surface area contributed by atoms with E-state index in [4.69, 9.17) is 23.0 Å². The van der Waals surface area contributed by atoms with Gasteiger partial charge in [-0.3, -0.25) is 18.4 Å². The van der Waals surface area contributed by atoms with Crippen LogP contribution in [0.15, 0.2) is 12.7 Å². The third-order valence-corrected chi connectivity index (χ3v) is 9.16. The summed E-state index contributed by atoms with van der Waals surface area (Å²) in [6.45, 7) is 13.3. The molecule has 3 N–H and O–H groups in total. The Labute approximate surface area is 299 Å². The molecule has 0 saturated carbocycles. The second-order valence-electron chi connectivity index (χ2n) is 13.9. The van der Waals surface area contributed by atoms with E-state index in [-0.39, 0.29) is 38.9 Å². The van der Waals surface area contributed by atoms with E-state index < -0.39 is 31.7 Å². The van der Waals surface area contributed by atoms with E-state index in [1.54, 1.807) is 20.8 Å². The van der Waals surface area contributed by atoms with Crippen molar-refractivity contribution in [1.82, 2.24) is 10.6 Å². The number of nitrogens with one attached hydrogen (secondary N) is 2. The molecule has 0 aliphatic heterocycles. The third kappa shape index (κ3) is 32.2. The number of ether oxygens (including phenoxy) is 2. The molecule has 12 heteroatoms. The first-order chi connectivity index (χ1) is 23.4. The predicted molar refractivity (Wildman–Crippen MR) is 198 cm³/mol. The normalized spacial score (nSPS) is 14.2. The van der Waals surface area contributed by atoms with Crippen molar-refractivity contribution < 1.29 is 42.3 Å². The van der Waals surface area contributed by atoms with Gasteiger partial charge in [0.25, 0.3) is 0 Å². The van der Waals surface area contributed by atoms with Crippen molar-refractivity contribution in [2.75, 3.05) is 39.6 Å². The minimum Gasteiger partial charge on any atom is -0.444 e. The molecular formula is C37H73N2O9P.